The Balaban J connectivity index is 2.47. The summed E-state index contributed by atoms with van der Waals surface area (Å²) in [5.74, 6) is 0.412. The lowest BCUT2D eigenvalue weighted by atomic mass is 10.0. The Kier molecular flexibility index (Phi) is 6.75. The topological polar surface area (TPSA) is 67.6 Å². The largest absolute Gasteiger partial charge is 0.379 e. The van der Waals surface area contributed by atoms with Crippen molar-refractivity contribution < 1.29 is 9.53 Å². The zero-order valence-electron chi connectivity index (χ0n) is 12.7. The van der Waals surface area contributed by atoms with E-state index in [0.717, 1.165) is 26.3 Å². The maximum Gasteiger partial charge on any atom is 0.224 e. The fourth-order valence-electron chi connectivity index (χ4n) is 2.30. The molecule has 1 aliphatic rings. The van der Waals surface area contributed by atoms with Gasteiger partial charge in [-0.2, -0.15) is 0 Å². The van der Waals surface area contributed by atoms with E-state index in [4.69, 9.17) is 10.5 Å². The number of carbonyl (C=O) groups excluding carboxylic acids is 1. The predicted molar refractivity (Wildman–Crippen MR) is 76.8 cm³/mol. The van der Waals surface area contributed by atoms with E-state index in [1.165, 1.54) is 0 Å². The Labute approximate surface area is 116 Å². The van der Waals surface area contributed by atoms with Crippen molar-refractivity contribution in [2.45, 2.75) is 39.8 Å². The molecule has 0 spiro atoms. The molecule has 0 aliphatic carbocycles. The van der Waals surface area contributed by atoms with Gasteiger partial charge in [0.15, 0.2) is 0 Å². The molecule has 5 nitrogen and oxygen atoms in total. The summed E-state index contributed by atoms with van der Waals surface area (Å²) in [5.41, 5.74) is 5.76. The molecule has 5 heteroatoms. The van der Waals surface area contributed by atoms with Crippen LogP contribution in [0.2, 0.25) is 0 Å². The molecule has 1 amide bonds. The normalized spacial score (nSPS) is 22.0. The van der Waals surface area contributed by atoms with Crippen LogP contribution in [0.1, 0.15) is 27.7 Å². The summed E-state index contributed by atoms with van der Waals surface area (Å²) in [4.78, 5) is 14.4. The van der Waals surface area contributed by atoms with E-state index in [0.29, 0.717) is 18.5 Å². The van der Waals surface area contributed by atoms with Crippen LogP contribution in [0.3, 0.4) is 0 Å². The van der Waals surface area contributed by atoms with Crippen molar-refractivity contribution in [1.29, 1.82) is 0 Å². The first-order valence-corrected chi connectivity index (χ1v) is 7.28. The van der Waals surface area contributed by atoms with Gasteiger partial charge in [-0.1, -0.05) is 20.8 Å². The molecular formula is C14H29N3O2. The number of amides is 1. The third-order valence-electron chi connectivity index (χ3n) is 3.97. The average molecular weight is 271 g/mol. The summed E-state index contributed by atoms with van der Waals surface area (Å²) in [6.07, 6.45) is 0. The highest BCUT2D eigenvalue weighted by atomic mass is 16.5. The van der Waals surface area contributed by atoms with Gasteiger partial charge in [0.05, 0.1) is 13.2 Å². The van der Waals surface area contributed by atoms with Crippen LogP contribution in [0.5, 0.6) is 0 Å². The first-order chi connectivity index (χ1) is 8.93. The highest BCUT2D eigenvalue weighted by Crippen LogP contribution is 2.12. The van der Waals surface area contributed by atoms with E-state index in [2.05, 4.69) is 24.1 Å². The summed E-state index contributed by atoms with van der Waals surface area (Å²) >= 11 is 0. The molecule has 1 rings (SSSR count). The van der Waals surface area contributed by atoms with Gasteiger partial charge in [-0.25, -0.2) is 0 Å². The molecule has 1 aliphatic heterocycles. The van der Waals surface area contributed by atoms with Crippen LogP contribution in [0.4, 0.5) is 0 Å². The highest BCUT2D eigenvalue weighted by molar-refractivity contribution is 5.78. The second-order valence-electron chi connectivity index (χ2n) is 5.85. The van der Waals surface area contributed by atoms with Gasteiger partial charge < -0.3 is 15.8 Å². The number of nitrogens with zero attached hydrogens (tertiary/aromatic N) is 1. The molecule has 19 heavy (non-hydrogen) atoms. The van der Waals surface area contributed by atoms with Gasteiger partial charge in [0.25, 0.3) is 0 Å². The third-order valence-corrected chi connectivity index (χ3v) is 3.97. The molecule has 112 valence electrons. The van der Waals surface area contributed by atoms with Crippen LogP contribution >= 0.6 is 0 Å². The standard InChI is InChI=1S/C14H29N3O2/c1-10(2)13(17-5-7-19-8-6-17)9-16-14(18)11(3)12(4)15/h10-13H,5-9,15H2,1-4H3,(H,16,18). The van der Waals surface area contributed by atoms with Crippen molar-refractivity contribution in [3.8, 4) is 0 Å². The number of hydrogen-bond acceptors (Lipinski definition) is 4. The first kappa shape index (κ1) is 16.4. The van der Waals surface area contributed by atoms with Gasteiger partial charge in [0, 0.05) is 37.6 Å². The maximum atomic E-state index is 12.0. The van der Waals surface area contributed by atoms with Crippen LogP contribution < -0.4 is 11.1 Å². The second kappa shape index (κ2) is 7.82. The molecule has 0 saturated carbocycles. The van der Waals surface area contributed by atoms with E-state index in [1.807, 2.05) is 13.8 Å². The lowest BCUT2D eigenvalue weighted by Gasteiger charge is -2.37. The second-order valence-corrected chi connectivity index (χ2v) is 5.85. The fraction of sp³-hybridized carbons (Fsp3) is 0.929. The molecule has 0 aromatic rings. The summed E-state index contributed by atoms with van der Waals surface area (Å²) < 4.78 is 5.38. The number of ether oxygens (including phenoxy) is 1. The van der Waals surface area contributed by atoms with E-state index < -0.39 is 0 Å². The molecule has 1 fully saturated rings. The predicted octanol–water partition coefficient (Wildman–Crippen LogP) is 0.443. The van der Waals surface area contributed by atoms with Gasteiger partial charge in [-0.3, -0.25) is 9.69 Å². The Bertz CT molecular complexity index is 276. The molecular weight excluding hydrogens is 242 g/mol. The zero-order chi connectivity index (χ0) is 14.4. The first-order valence-electron chi connectivity index (χ1n) is 7.28. The van der Waals surface area contributed by atoms with Crippen LogP contribution in [-0.4, -0.2) is 55.7 Å². The van der Waals surface area contributed by atoms with Crippen LogP contribution in [0.25, 0.3) is 0 Å². The van der Waals surface area contributed by atoms with Crippen molar-refractivity contribution in [2.75, 3.05) is 32.8 Å². The van der Waals surface area contributed by atoms with Gasteiger partial charge in [-0.05, 0) is 12.8 Å². The minimum Gasteiger partial charge on any atom is -0.379 e. The van der Waals surface area contributed by atoms with E-state index in [1.54, 1.807) is 0 Å². The van der Waals surface area contributed by atoms with Crippen molar-refractivity contribution >= 4 is 5.91 Å². The average Bonchev–Trinajstić information content (AvgIpc) is 2.38. The molecule has 0 aromatic heterocycles. The number of carbonyl (C=O) groups is 1. The maximum absolute atomic E-state index is 12.0. The SMILES string of the molecule is CC(C)C(CNC(=O)C(C)C(C)N)N1CCOCC1. The summed E-state index contributed by atoms with van der Waals surface area (Å²) in [5, 5.41) is 3.04. The number of hydrogen-bond donors (Lipinski definition) is 2. The Morgan fingerprint density at radius 2 is 1.84 bits per heavy atom. The van der Waals surface area contributed by atoms with Gasteiger partial charge in [-0.15, -0.1) is 0 Å². The van der Waals surface area contributed by atoms with E-state index in [9.17, 15) is 4.79 Å². The quantitative estimate of drug-likeness (QED) is 0.736. The highest BCUT2D eigenvalue weighted by Gasteiger charge is 2.25. The van der Waals surface area contributed by atoms with Crippen molar-refractivity contribution in [3.63, 3.8) is 0 Å². The lowest BCUT2D eigenvalue weighted by molar-refractivity contribution is -0.125. The number of nitrogens with two attached hydrogens (primary N) is 1. The summed E-state index contributed by atoms with van der Waals surface area (Å²) in [6.45, 7) is 12.3. The fourth-order valence-corrected chi connectivity index (χ4v) is 2.30. The lowest BCUT2D eigenvalue weighted by Crippen LogP contribution is -2.52. The molecule has 3 unspecified atom stereocenters. The van der Waals surface area contributed by atoms with Gasteiger partial charge >= 0.3 is 0 Å². The Hall–Kier alpha value is -0.650. The smallest absolute Gasteiger partial charge is 0.224 e. The van der Waals surface area contributed by atoms with Crippen LogP contribution in [0.15, 0.2) is 0 Å². The molecule has 3 atom stereocenters. The molecule has 0 bridgehead atoms. The molecule has 0 radical (unpaired) electrons. The van der Waals surface area contributed by atoms with Crippen LogP contribution in [0, 0.1) is 11.8 Å². The minimum absolute atomic E-state index is 0.0499. The summed E-state index contributed by atoms with van der Waals surface area (Å²) in [7, 11) is 0. The Morgan fingerprint density at radius 1 is 1.26 bits per heavy atom. The third kappa shape index (κ3) is 5.09. The number of nitrogens with one attached hydrogen (secondary N) is 1. The number of rotatable bonds is 6. The van der Waals surface area contributed by atoms with E-state index >= 15 is 0 Å². The monoisotopic (exact) mass is 271 g/mol. The van der Waals surface area contributed by atoms with Crippen molar-refractivity contribution in [2.24, 2.45) is 17.6 Å². The molecule has 0 aromatic carbocycles. The summed E-state index contributed by atoms with van der Waals surface area (Å²) in [6, 6.07) is 0.258. The molecule has 3 N–H and O–H groups in total. The van der Waals surface area contributed by atoms with E-state index in [-0.39, 0.29) is 17.9 Å². The van der Waals surface area contributed by atoms with Crippen LogP contribution in [-0.2, 0) is 9.53 Å². The molecule has 1 saturated heterocycles. The zero-order valence-corrected chi connectivity index (χ0v) is 12.7. The van der Waals surface area contributed by atoms with Gasteiger partial charge in [0.2, 0.25) is 5.91 Å². The van der Waals surface area contributed by atoms with Crippen molar-refractivity contribution in [1.82, 2.24) is 10.2 Å². The minimum atomic E-state index is -0.141. The van der Waals surface area contributed by atoms with Crippen molar-refractivity contribution in [3.05, 3.63) is 0 Å². The number of morpholine rings is 1. The molecule has 1 heterocycles. The Morgan fingerprint density at radius 3 is 2.32 bits per heavy atom. The van der Waals surface area contributed by atoms with Gasteiger partial charge in [0.1, 0.15) is 0 Å².